The quantitative estimate of drug-likeness (QED) is 0.293. The smallest absolute Gasteiger partial charge is 0.407 e. The molecule has 1 aromatic heterocycles. The van der Waals surface area contributed by atoms with Gasteiger partial charge in [0.25, 0.3) is 11.8 Å². The Hall–Kier alpha value is -4.95. The molecule has 4 N–H and O–H groups in total. The van der Waals surface area contributed by atoms with Gasteiger partial charge in [-0.15, -0.1) is 0 Å². The van der Waals surface area contributed by atoms with Crippen molar-refractivity contribution in [1.82, 2.24) is 30.3 Å². The van der Waals surface area contributed by atoms with Crippen LogP contribution in [0.25, 0.3) is 10.9 Å². The Labute approximate surface area is 259 Å². The lowest BCUT2D eigenvalue weighted by Gasteiger charge is -2.35. The molecule has 4 rings (SSSR count). The summed E-state index contributed by atoms with van der Waals surface area (Å²) in [6, 6.07) is 4.48. The number of aliphatic carboxylic acids is 1. The maximum Gasteiger partial charge on any atom is 0.407 e. The molecule has 242 valence electrons. The minimum absolute atomic E-state index is 0.0493. The number of amides is 5. The maximum atomic E-state index is 13.4. The number of likely N-dealkylation sites (tertiary alicyclic amines) is 1. The van der Waals surface area contributed by atoms with Gasteiger partial charge in [0.05, 0.1) is 11.9 Å². The number of piperazine rings is 1. The maximum absolute atomic E-state index is 13.4. The number of hydrogen-bond donors (Lipinski definition) is 4. The van der Waals surface area contributed by atoms with Crippen molar-refractivity contribution in [2.24, 2.45) is 0 Å². The molecule has 0 saturated carbocycles. The molecule has 3 heterocycles. The van der Waals surface area contributed by atoms with Crippen LogP contribution in [0.2, 0.25) is 0 Å². The summed E-state index contributed by atoms with van der Waals surface area (Å²) in [7, 11) is 0. The van der Waals surface area contributed by atoms with Crippen LogP contribution in [0.3, 0.4) is 0 Å². The fourth-order valence-electron chi connectivity index (χ4n) is 5.43. The number of carbonyl (C=O) groups is 6. The number of carboxylic acids is 1. The first kappa shape index (κ1) is 33.0. The number of benzene rings is 1. The molecule has 1 aromatic carbocycles. The zero-order valence-corrected chi connectivity index (χ0v) is 25.4. The van der Waals surface area contributed by atoms with Crippen LogP contribution < -0.4 is 15.4 Å². The van der Waals surface area contributed by atoms with E-state index in [1.54, 1.807) is 12.1 Å². The molecule has 2 saturated heterocycles. The predicted octanol–water partition coefficient (Wildman–Crippen LogP) is 0.833. The minimum Gasteiger partial charge on any atom is -0.483 e. The second kappa shape index (κ2) is 14.2. The van der Waals surface area contributed by atoms with Crippen LogP contribution in [-0.2, 0) is 19.2 Å². The average molecular weight is 627 g/mol. The van der Waals surface area contributed by atoms with Crippen molar-refractivity contribution in [1.29, 1.82) is 0 Å². The third kappa shape index (κ3) is 8.16. The highest BCUT2D eigenvalue weighted by molar-refractivity contribution is 6.00. The number of pyridine rings is 1. The van der Waals surface area contributed by atoms with E-state index in [0.29, 0.717) is 30.3 Å². The Balaban J connectivity index is 1.52. The zero-order valence-electron chi connectivity index (χ0n) is 25.4. The summed E-state index contributed by atoms with van der Waals surface area (Å²) >= 11 is 0. The van der Waals surface area contributed by atoms with Crippen LogP contribution in [0.5, 0.6) is 5.75 Å². The summed E-state index contributed by atoms with van der Waals surface area (Å²) in [5.74, 6) is -3.25. The van der Waals surface area contributed by atoms with Gasteiger partial charge in [-0.2, -0.15) is 0 Å². The lowest BCUT2D eigenvalue weighted by atomic mass is 10.1. The van der Waals surface area contributed by atoms with Gasteiger partial charge in [0.15, 0.2) is 6.61 Å². The number of aryl methyl sites for hydroxylation is 1. The lowest BCUT2D eigenvalue weighted by molar-refractivity contribution is -0.143. The van der Waals surface area contributed by atoms with Crippen molar-refractivity contribution in [2.45, 2.75) is 58.2 Å². The van der Waals surface area contributed by atoms with Crippen molar-refractivity contribution in [3.8, 4) is 5.75 Å². The molecule has 0 radical (unpaired) electrons. The summed E-state index contributed by atoms with van der Waals surface area (Å²) < 4.78 is 5.91. The van der Waals surface area contributed by atoms with Crippen LogP contribution >= 0.6 is 0 Å². The predicted molar refractivity (Wildman–Crippen MR) is 160 cm³/mol. The molecule has 5 amide bonds. The van der Waals surface area contributed by atoms with Crippen molar-refractivity contribution >= 4 is 46.6 Å². The fourth-order valence-corrected chi connectivity index (χ4v) is 5.43. The number of aromatic nitrogens is 1. The van der Waals surface area contributed by atoms with Crippen LogP contribution in [-0.4, -0.2) is 123 Å². The van der Waals surface area contributed by atoms with E-state index in [-0.39, 0.29) is 49.6 Å². The molecule has 15 heteroatoms. The lowest BCUT2D eigenvalue weighted by Crippen LogP contribution is -2.56. The molecular formula is C30H38N6O9. The van der Waals surface area contributed by atoms with Gasteiger partial charge < -0.3 is 40.3 Å². The first-order valence-electron chi connectivity index (χ1n) is 14.8. The largest absolute Gasteiger partial charge is 0.483 e. The Bertz CT molecular complexity index is 1490. The number of rotatable bonds is 10. The van der Waals surface area contributed by atoms with E-state index in [4.69, 9.17) is 4.74 Å². The van der Waals surface area contributed by atoms with E-state index >= 15 is 0 Å². The molecule has 0 bridgehead atoms. The highest BCUT2D eigenvalue weighted by atomic mass is 16.5. The molecule has 2 aliphatic heterocycles. The van der Waals surface area contributed by atoms with Crippen molar-refractivity contribution in [3.05, 3.63) is 35.5 Å². The highest BCUT2D eigenvalue weighted by Gasteiger charge is 2.35. The topological polar surface area (TPSA) is 199 Å². The van der Waals surface area contributed by atoms with E-state index in [1.807, 2.05) is 26.8 Å². The Kier molecular flexibility index (Phi) is 10.4. The molecule has 15 nitrogen and oxygen atoms in total. The van der Waals surface area contributed by atoms with Gasteiger partial charge >= 0.3 is 12.1 Å². The van der Waals surface area contributed by atoms with E-state index in [9.17, 15) is 39.0 Å². The normalized spacial score (nSPS) is 17.2. The second-order valence-electron chi connectivity index (χ2n) is 11.4. The zero-order chi connectivity index (χ0) is 32.8. The highest BCUT2D eigenvalue weighted by Crippen LogP contribution is 2.27. The van der Waals surface area contributed by atoms with Gasteiger partial charge in [0, 0.05) is 50.2 Å². The number of carboxylic acid groups (broad SMARTS) is 2. The van der Waals surface area contributed by atoms with Gasteiger partial charge in [-0.3, -0.25) is 24.0 Å². The van der Waals surface area contributed by atoms with Gasteiger partial charge in [0.1, 0.15) is 23.5 Å². The summed E-state index contributed by atoms with van der Waals surface area (Å²) in [5, 5.41) is 24.4. The first-order chi connectivity index (χ1) is 21.3. The second-order valence-corrected chi connectivity index (χ2v) is 11.4. The molecule has 2 fully saturated rings. The van der Waals surface area contributed by atoms with Crippen molar-refractivity contribution in [2.75, 3.05) is 39.3 Å². The summed E-state index contributed by atoms with van der Waals surface area (Å²) in [5.41, 5.74) is 1.06. The van der Waals surface area contributed by atoms with Crippen LogP contribution in [0, 0.1) is 6.92 Å². The molecule has 2 unspecified atom stereocenters. The molecule has 0 spiro atoms. The third-order valence-electron chi connectivity index (χ3n) is 7.66. The van der Waals surface area contributed by atoms with Crippen molar-refractivity contribution < 1.29 is 43.7 Å². The third-order valence-corrected chi connectivity index (χ3v) is 7.66. The average Bonchev–Trinajstić information content (AvgIpc) is 3.48. The number of fused-ring (bicyclic) bond motifs is 1. The Morgan fingerprint density at radius 2 is 1.67 bits per heavy atom. The van der Waals surface area contributed by atoms with Gasteiger partial charge in [-0.1, -0.05) is 6.07 Å². The Morgan fingerprint density at radius 1 is 0.978 bits per heavy atom. The van der Waals surface area contributed by atoms with Crippen LogP contribution in [0.15, 0.2) is 24.3 Å². The monoisotopic (exact) mass is 626 g/mol. The minimum atomic E-state index is -1.43. The molecule has 2 aromatic rings. The number of hydrogen-bond acceptors (Lipinski definition) is 8. The fraction of sp³-hybridized carbons (Fsp3) is 0.500. The summed E-state index contributed by atoms with van der Waals surface area (Å²) in [6.07, 6.45) is -0.603. The Morgan fingerprint density at radius 3 is 2.31 bits per heavy atom. The van der Waals surface area contributed by atoms with Crippen molar-refractivity contribution in [3.63, 3.8) is 0 Å². The summed E-state index contributed by atoms with van der Waals surface area (Å²) in [6.45, 7) is 5.73. The van der Waals surface area contributed by atoms with Gasteiger partial charge in [-0.25, -0.2) is 9.78 Å². The summed E-state index contributed by atoms with van der Waals surface area (Å²) in [4.78, 5) is 83.6. The SMILES string of the molecule is Cc1ccc2c(OCC(=O)N3CCCC3C(=O)NC(C)C)cc(C(=O)NC(CC(=O)O)C(=O)N3CCN(C(=O)O)CC3)nc2c1. The molecular weight excluding hydrogens is 588 g/mol. The van der Waals surface area contributed by atoms with Gasteiger partial charge in [0.2, 0.25) is 11.8 Å². The number of nitrogens with one attached hydrogen (secondary N) is 2. The van der Waals surface area contributed by atoms with E-state index in [0.717, 1.165) is 10.5 Å². The van der Waals surface area contributed by atoms with Crippen LogP contribution in [0.1, 0.15) is 49.2 Å². The van der Waals surface area contributed by atoms with E-state index in [1.165, 1.54) is 15.9 Å². The standard InChI is InChI=1S/C30H38N6O9/c1-17(2)31-28(41)23-5-4-8-36(23)25(37)16-45-24-14-21(32-20-13-18(3)6-7-19(20)24)27(40)33-22(15-26(38)39)29(42)34-9-11-35(12-10-34)30(43)44/h6-7,13-14,17,22-23H,4-5,8-12,15-16H2,1-3H3,(H,31,41)(H,33,40)(H,38,39)(H,43,44). The van der Waals surface area contributed by atoms with E-state index < -0.39 is 54.9 Å². The number of nitrogens with zero attached hydrogens (tertiary/aromatic N) is 4. The van der Waals surface area contributed by atoms with E-state index in [2.05, 4.69) is 15.6 Å². The van der Waals surface area contributed by atoms with Crippen LogP contribution in [0.4, 0.5) is 4.79 Å². The molecule has 0 aliphatic carbocycles. The number of carbonyl (C=O) groups excluding carboxylic acids is 4. The van der Waals surface area contributed by atoms with Gasteiger partial charge in [-0.05, 0) is 51.3 Å². The first-order valence-corrected chi connectivity index (χ1v) is 14.8. The molecule has 45 heavy (non-hydrogen) atoms. The molecule has 2 aliphatic rings. The number of ether oxygens (including phenoxy) is 1. The molecule has 2 atom stereocenters.